The summed E-state index contributed by atoms with van der Waals surface area (Å²) in [5.41, 5.74) is 5.41. The molecule has 1 unspecified atom stereocenters. The number of likely N-dealkylation sites (tertiary alicyclic amines) is 1. The molecule has 0 bridgehead atoms. The van der Waals surface area contributed by atoms with Gasteiger partial charge in [0.25, 0.3) is 0 Å². The lowest BCUT2D eigenvalue weighted by Gasteiger charge is -2.25. The number of aromatic amines is 1. The molecule has 1 fully saturated rings. The van der Waals surface area contributed by atoms with E-state index in [2.05, 4.69) is 34.2 Å². The Kier molecular flexibility index (Phi) is 4.52. The summed E-state index contributed by atoms with van der Waals surface area (Å²) >= 11 is 0. The lowest BCUT2D eigenvalue weighted by Crippen LogP contribution is -2.32. The van der Waals surface area contributed by atoms with Crippen molar-refractivity contribution in [3.05, 3.63) is 71.8 Å². The fourth-order valence-corrected chi connectivity index (χ4v) is 3.66. The van der Waals surface area contributed by atoms with Crippen LogP contribution in [0.15, 0.2) is 55.0 Å². The summed E-state index contributed by atoms with van der Waals surface area (Å²) in [7, 11) is 0. The monoisotopic (exact) mass is 346 g/mol. The van der Waals surface area contributed by atoms with E-state index in [9.17, 15) is 4.79 Å². The Morgan fingerprint density at radius 3 is 2.73 bits per heavy atom. The fraction of sp³-hybridized carbons (Fsp3) is 0.286. The lowest BCUT2D eigenvalue weighted by molar-refractivity contribution is -0.131. The number of nitrogens with one attached hydrogen (secondary N) is 1. The normalized spacial score (nSPS) is 16.8. The maximum Gasteiger partial charge on any atom is 0.227 e. The van der Waals surface area contributed by atoms with Gasteiger partial charge in [-0.2, -0.15) is 5.10 Å². The first kappa shape index (κ1) is 16.5. The first-order valence-electron chi connectivity index (χ1n) is 9.01. The molecule has 5 nitrogen and oxygen atoms in total. The molecule has 0 radical (unpaired) electrons. The fourth-order valence-electron chi connectivity index (χ4n) is 3.66. The predicted octanol–water partition coefficient (Wildman–Crippen LogP) is 3.69. The Morgan fingerprint density at radius 1 is 1.19 bits per heavy atom. The minimum atomic E-state index is 0.0543. The van der Waals surface area contributed by atoms with Crippen LogP contribution in [0.4, 0.5) is 0 Å². The van der Waals surface area contributed by atoms with Crippen LogP contribution in [0, 0.1) is 6.92 Å². The van der Waals surface area contributed by atoms with Crippen LogP contribution >= 0.6 is 0 Å². The summed E-state index contributed by atoms with van der Waals surface area (Å²) in [6, 6.07) is 12.2. The Morgan fingerprint density at radius 2 is 1.96 bits per heavy atom. The number of H-pyrrole nitrogens is 1. The van der Waals surface area contributed by atoms with Crippen LogP contribution in [0.25, 0.3) is 11.1 Å². The Balaban J connectivity index is 1.57. The Labute approximate surface area is 153 Å². The molecule has 1 aliphatic rings. The zero-order valence-corrected chi connectivity index (χ0v) is 14.9. The van der Waals surface area contributed by atoms with E-state index in [1.165, 1.54) is 5.56 Å². The highest BCUT2D eigenvalue weighted by molar-refractivity contribution is 5.80. The van der Waals surface area contributed by atoms with Gasteiger partial charge < -0.3 is 4.90 Å². The first-order valence-corrected chi connectivity index (χ1v) is 9.01. The number of aryl methyl sites for hydroxylation is 1. The minimum absolute atomic E-state index is 0.0543. The zero-order valence-electron chi connectivity index (χ0n) is 14.9. The van der Waals surface area contributed by atoms with Crippen molar-refractivity contribution in [2.24, 2.45) is 0 Å². The van der Waals surface area contributed by atoms with E-state index in [0.29, 0.717) is 6.42 Å². The molecule has 1 amide bonds. The molecule has 1 aromatic carbocycles. The van der Waals surface area contributed by atoms with Gasteiger partial charge in [0.2, 0.25) is 5.91 Å². The average molecular weight is 346 g/mol. The van der Waals surface area contributed by atoms with Crippen molar-refractivity contribution in [2.75, 3.05) is 6.54 Å². The third-order valence-electron chi connectivity index (χ3n) is 5.04. The van der Waals surface area contributed by atoms with Crippen molar-refractivity contribution < 1.29 is 4.79 Å². The van der Waals surface area contributed by atoms with Gasteiger partial charge in [0.1, 0.15) is 0 Å². The molecular formula is C21H22N4O. The number of hydrogen-bond acceptors (Lipinski definition) is 3. The van der Waals surface area contributed by atoms with Gasteiger partial charge in [0, 0.05) is 24.5 Å². The molecule has 132 valence electrons. The van der Waals surface area contributed by atoms with E-state index in [4.69, 9.17) is 0 Å². The van der Waals surface area contributed by atoms with Crippen molar-refractivity contribution in [1.29, 1.82) is 0 Å². The molecule has 1 N–H and O–H groups in total. The number of aromatic nitrogens is 3. The SMILES string of the molecule is Cc1ccc(CC(=O)N2CCCC2c2[nH]ncc2-c2ccncc2)cc1. The van der Waals surface area contributed by atoms with Gasteiger partial charge in [-0.25, -0.2) is 0 Å². The molecule has 5 heteroatoms. The predicted molar refractivity (Wildman–Crippen MR) is 100 cm³/mol. The van der Waals surface area contributed by atoms with Gasteiger partial charge in [-0.3, -0.25) is 14.9 Å². The van der Waals surface area contributed by atoms with Crippen molar-refractivity contribution in [3.63, 3.8) is 0 Å². The third kappa shape index (κ3) is 3.25. The molecule has 0 spiro atoms. The Hall–Kier alpha value is -2.95. The van der Waals surface area contributed by atoms with E-state index in [1.807, 2.05) is 35.4 Å². The zero-order chi connectivity index (χ0) is 17.9. The number of carbonyl (C=O) groups excluding carboxylic acids is 1. The van der Waals surface area contributed by atoms with Gasteiger partial charge in [-0.1, -0.05) is 29.8 Å². The second-order valence-electron chi connectivity index (χ2n) is 6.84. The van der Waals surface area contributed by atoms with Crippen LogP contribution in [-0.2, 0) is 11.2 Å². The standard InChI is InChI=1S/C21H22N4O/c1-15-4-6-16(7-5-15)13-20(26)25-12-2-3-19(25)21-18(14-23-24-21)17-8-10-22-11-9-17/h4-11,14,19H,2-3,12-13H2,1H3,(H,23,24). The smallest absolute Gasteiger partial charge is 0.227 e. The molecule has 1 atom stereocenters. The quantitative estimate of drug-likeness (QED) is 0.784. The number of amides is 1. The molecule has 4 rings (SSSR count). The van der Waals surface area contributed by atoms with E-state index in [0.717, 1.165) is 41.8 Å². The molecule has 0 aliphatic carbocycles. The van der Waals surface area contributed by atoms with E-state index in [1.54, 1.807) is 12.4 Å². The maximum absolute atomic E-state index is 12.9. The highest BCUT2D eigenvalue weighted by Gasteiger charge is 2.32. The number of benzene rings is 1. The van der Waals surface area contributed by atoms with Gasteiger partial charge in [0.05, 0.1) is 24.4 Å². The first-order chi connectivity index (χ1) is 12.7. The van der Waals surface area contributed by atoms with Gasteiger partial charge in [0.15, 0.2) is 0 Å². The maximum atomic E-state index is 12.9. The van der Waals surface area contributed by atoms with Crippen LogP contribution in [0.2, 0.25) is 0 Å². The van der Waals surface area contributed by atoms with Gasteiger partial charge in [-0.05, 0) is 43.0 Å². The second kappa shape index (κ2) is 7.12. The lowest BCUT2D eigenvalue weighted by atomic mass is 10.0. The highest BCUT2D eigenvalue weighted by Crippen LogP contribution is 2.36. The largest absolute Gasteiger partial charge is 0.334 e. The number of carbonyl (C=O) groups is 1. The molecule has 1 saturated heterocycles. The van der Waals surface area contributed by atoms with Gasteiger partial charge >= 0.3 is 0 Å². The summed E-state index contributed by atoms with van der Waals surface area (Å²) in [5, 5.41) is 7.39. The van der Waals surface area contributed by atoms with E-state index < -0.39 is 0 Å². The summed E-state index contributed by atoms with van der Waals surface area (Å²) in [6.07, 6.45) is 7.81. The van der Waals surface area contributed by atoms with Crippen molar-refractivity contribution in [3.8, 4) is 11.1 Å². The third-order valence-corrected chi connectivity index (χ3v) is 5.04. The summed E-state index contributed by atoms with van der Waals surface area (Å²) in [4.78, 5) is 19.0. The van der Waals surface area contributed by atoms with Crippen LogP contribution in [0.3, 0.4) is 0 Å². The van der Waals surface area contributed by atoms with Crippen LogP contribution in [0.5, 0.6) is 0 Å². The van der Waals surface area contributed by atoms with E-state index >= 15 is 0 Å². The average Bonchev–Trinajstić information content (AvgIpc) is 3.33. The Bertz CT molecular complexity index is 886. The number of rotatable bonds is 4. The molecule has 3 aromatic rings. The highest BCUT2D eigenvalue weighted by atomic mass is 16.2. The summed E-state index contributed by atoms with van der Waals surface area (Å²) in [6.45, 7) is 2.85. The van der Waals surface area contributed by atoms with Crippen LogP contribution < -0.4 is 0 Å². The molecule has 26 heavy (non-hydrogen) atoms. The number of hydrogen-bond donors (Lipinski definition) is 1. The molecular weight excluding hydrogens is 324 g/mol. The minimum Gasteiger partial charge on any atom is -0.334 e. The van der Waals surface area contributed by atoms with Gasteiger partial charge in [-0.15, -0.1) is 0 Å². The molecule has 0 saturated carbocycles. The number of nitrogens with zero attached hydrogens (tertiary/aromatic N) is 3. The molecule has 1 aliphatic heterocycles. The summed E-state index contributed by atoms with van der Waals surface area (Å²) in [5.74, 6) is 0.173. The van der Waals surface area contributed by atoms with Crippen molar-refractivity contribution in [1.82, 2.24) is 20.1 Å². The van der Waals surface area contributed by atoms with Crippen molar-refractivity contribution >= 4 is 5.91 Å². The van der Waals surface area contributed by atoms with Crippen LogP contribution in [-0.4, -0.2) is 32.5 Å². The van der Waals surface area contributed by atoms with Crippen LogP contribution in [0.1, 0.15) is 35.7 Å². The topological polar surface area (TPSA) is 61.9 Å². The molecule has 2 aromatic heterocycles. The van der Waals surface area contributed by atoms with Crippen molar-refractivity contribution in [2.45, 2.75) is 32.2 Å². The molecule has 3 heterocycles. The second-order valence-corrected chi connectivity index (χ2v) is 6.84. The summed E-state index contributed by atoms with van der Waals surface area (Å²) < 4.78 is 0. The number of pyridine rings is 1. The van der Waals surface area contributed by atoms with E-state index in [-0.39, 0.29) is 11.9 Å².